The van der Waals surface area contributed by atoms with Gasteiger partial charge in [-0.25, -0.2) is 4.79 Å². The van der Waals surface area contributed by atoms with Crippen molar-refractivity contribution >= 4 is 27.6 Å². The Bertz CT molecular complexity index is 269. The van der Waals surface area contributed by atoms with Gasteiger partial charge in [0.1, 0.15) is 0 Å². The zero-order valence-corrected chi connectivity index (χ0v) is 8.91. The molecule has 0 aromatic heterocycles. The molecule has 1 N–H and O–H groups in total. The average Bonchev–Trinajstić information content (AvgIpc) is 2.17. The Morgan fingerprint density at radius 1 is 1.54 bits per heavy atom. The van der Waals surface area contributed by atoms with Crippen molar-refractivity contribution in [1.82, 2.24) is 0 Å². The van der Waals surface area contributed by atoms with E-state index in [2.05, 4.69) is 25.8 Å². The lowest BCUT2D eigenvalue weighted by Gasteiger charge is -1.94. The SMILES string of the molecule is C\C=C(Br)/C=C\C(=N\O)C(=O)OC. The van der Waals surface area contributed by atoms with Crippen LogP contribution in [0.15, 0.2) is 27.9 Å². The minimum absolute atomic E-state index is 0.152. The molecule has 0 atom stereocenters. The van der Waals surface area contributed by atoms with Gasteiger partial charge in [0, 0.05) is 4.48 Å². The van der Waals surface area contributed by atoms with Gasteiger partial charge in [0.25, 0.3) is 0 Å². The van der Waals surface area contributed by atoms with Gasteiger partial charge in [0.2, 0.25) is 0 Å². The molecule has 0 radical (unpaired) electrons. The molecule has 0 aliphatic rings. The lowest BCUT2D eigenvalue weighted by molar-refractivity contribution is -0.132. The second-order valence-corrected chi connectivity index (χ2v) is 2.90. The van der Waals surface area contributed by atoms with Crippen molar-refractivity contribution in [2.24, 2.45) is 5.16 Å². The predicted octanol–water partition coefficient (Wildman–Crippen LogP) is 1.84. The fourth-order valence-corrected chi connectivity index (χ4v) is 0.634. The number of carbonyl (C=O) groups excluding carboxylic acids is 1. The van der Waals surface area contributed by atoms with Crippen LogP contribution in [0.1, 0.15) is 6.92 Å². The van der Waals surface area contributed by atoms with Crippen LogP contribution in [0, 0.1) is 0 Å². The fourth-order valence-electron chi connectivity index (χ4n) is 0.502. The number of nitrogens with zero attached hydrogens (tertiary/aromatic N) is 1. The molecule has 0 unspecified atom stereocenters. The molecule has 4 nitrogen and oxygen atoms in total. The molecular formula is C8H10BrNO3. The number of rotatable bonds is 3. The average molecular weight is 248 g/mol. The molecule has 72 valence electrons. The van der Waals surface area contributed by atoms with Gasteiger partial charge in [0.05, 0.1) is 7.11 Å². The first kappa shape index (κ1) is 11.9. The molecule has 0 aliphatic heterocycles. The summed E-state index contributed by atoms with van der Waals surface area (Å²) in [6.07, 6.45) is 4.70. The highest BCUT2D eigenvalue weighted by molar-refractivity contribution is 9.11. The molecule has 0 saturated carbocycles. The first-order valence-electron chi connectivity index (χ1n) is 3.46. The van der Waals surface area contributed by atoms with Crippen molar-refractivity contribution in [2.45, 2.75) is 6.92 Å². The summed E-state index contributed by atoms with van der Waals surface area (Å²) in [6.45, 7) is 1.82. The Kier molecular flexibility index (Phi) is 5.88. The highest BCUT2D eigenvalue weighted by atomic mass is 79.9. The van der Waals surface area contributed by atoms with Crippen molar-refractivity contribution in [3.8, 4) is 0 Å². The molecular weight excluding hydrogens is 238 g/mol. The molecule has 0 aliphatic carbocycles. The Morgan fingerprint density at radius 3 is 2.54 bits per heavy atom. The fraction of sp³-hybridized carbons (Fsp3) is 0.250. The van der Waals surface area contributed by atoms with Crippen molar-refractivity contribution in [1.29, 1.82) is 0 Å². The topological polar surface area (TPSA) is 58.9 Å². The third kappa shape index (κ3) is 4.47. The van der Waals surface area contributed by atoms with Crippen LogP contribution < -0.4 is 0 Å². The zero-order chi connectivity index (χ0) is 10.3. The zero-order valence-electron chi connectivity index (χ0n) is 7.32. The van der Waals surface area contributed by atoms with Gasteiger partial charge in [-0.2, -0.15) is 0 Å². The Hall–Kier alpha value is -1.10. The molecule has 5 heteroatoms. The standard InChI is InChI=1S/C8H10BrNO3/c1-3-6(9)4-5-7(10-12)8(11)13-2/h3-5,12H,1-2H3/b5-4-,6-3+,10-7-. The number of ether oxygens (including phenoxy) is 1. The minimum atomic E-state index is -0.685. The third-order valence-corrected chi connectivity index (χ3v) is 1.90. The third-order valence-electron chi connectivity index (χ3n) is 1.18. The first-order valence-corrected chi connectivity index (χ1v) is 4.25. The molecule has 13 heavy (non-hydrogen) atoms. The number of hydrogen-bond acceptors (Lipinski definition) is 4. The van der Waals surface area contributed by atoms with E-state index in [1.54, 1.807) is 12.2 Å². The quantitative estimate of drug-likeness (QED) is 0.272. The van der Waals surface area contributed by atoms with E-state index in [0.717, 1.165) is 4.48 Å². The van der Waals surface area contributed by atoms with Crippen LogP contribution in [0.25, 0.3) is 0 Å². The lowest BCUT2D eigenvalue weighted by Crippen LogP contribution is -2.12. The van der Waals surface area contributed by atoms with Gasteiger partial charge < -0.3 is 9.94 Å². The van der Waals surface area contributed by atoms with Crippen LogP contribution in [-0.2, 0) is 9.53 Å². The first-order chi connectivity index (χ1) is 6.15. The molecule has 0 amide bonds. The van der Waals surface area contributed by atoms with Crippen LogP contribution in [-0.4, -0.2) is 24.0 Å². The summed E-state index contributed by atoms with van der Waals surface area (Å²) in [5, 5.41) is 11.2. The number of esters is 1. The molecule has 0 rings (SSSR count). The number of hydrogen-bond donors (Lipinski definition) is 1. The van der Waals surface area contributed by atoms with Crippen molar-refractivity contribution < 1.29 is 14.7 Å². The van der Waals surface area contributed by atoms with Gasteiger partial charge in [-0.05, 0) is 19.1 Å². The minimum Gasteiger partial charge on any atom is -0.464 e. The lowest BCUT2D eigenvalue weighted by atomic mass is 10.3. The Labute approximate surface area is 84.7 Å². The second kappa shape index (κ2) is 6.42. The number of methoxy groups -OCH3 is 1. The molecule has 0 saturated heterocycles. The summed E-state index contributed by atoms with van der Waals surface area (Å²) in [5.41, 5.74) is -0.152. The molecule has 0 heterocycles. The Morgan fingerprint density at radius 2 is 2.15 bits per heavy atom. The van der Waals surface area contributed by atoms with Gasteiger partial charge >= 0.3 is 5.97 Å². The maximum atomic E-state index is 10.8. The summed E-state index contributed by atoms with van der Waals surface area (Å²) in [4.78, 5) is 10.8. The number of oxime groups is 1. The maximum Gasteiger partial charge on any atom is 0.360 e. The van der Waals surface area contributed by atoms with E-state index in [0.29, 0.717) is 0 Å². The van der Waals surface area contributed by atoms with Gasteiger partial charge in [-0.15, -0.1) is 0 Å². The molecule has 0 bridgehead atoms. The van der Waals surface area contributed by atoms with Gasteiger partial charge in [-0.3, -0.25) is 0 Å². The van der Waals surface area contributed by atoms with E-state index in [9.17, 15) is 4.79 Å². The van der Waals surface area contributed by atoms with E-state index >= 15 is 0 Å². The highest BCUT2D eigenvalue weighted by Gasteiger charge is 2.07. The van der Waals surface area contributed by atoms with E-state index in [4.69, 9.17) is 5.21 Å². The highest BCUT2D eigenvalue weighted by Crippen LogP contribution is 2.05. The van der Waals surface area contributed by atoms with Crippen molar-refractivity contribution in [3.63, 3.8) is 0 Å². The second-order valence-electron chi connectivity index (χ2n) is 1.98. The van der Waals surface area contributed by atoms with E-state index < -0.39 is 5.97 Å². The molecule has 0 fully saturated rings. The number of carbonyl (C=O) groups is 1. The van der Waals surface area contributed by atoms with Gasteiger partial charge in [0.15, 0.2) is 5.71 Å². The molecule has 0 aromatic rings. The van der Waals surface area contributed by atoms with Crippen LogP contribution in [0.2, 0.25) is 0 Å². The summed E-state index contributed by atoms with van der Waals surface area (Å²) < 4.78 is 5.13. The normalized spacial score (nSPS) is 13.5. The number of halogens is 1. The maximum absolute atomic E-state index is 10.8. The van der Waals surface area contributed by atoms with Crippen LogP contribution >= 0.6 is 15.9 Å². The molecule has 0 aromatic carbocycles. The number of allylic oxidation sites excluding steroid dienone is 3. The smallest absolute Gasteiger partial charge is 0.360 e. The summed E-state index contributed by atoms with van der Waals surface area (Å²) in [5.74, 6) is -0.685. The molecule has 0 spiro atoms. The van der Waals surface area contributed by atoms with Crippen LogP contribution in [0.5, 0.6) is 0 Å². The van der Waals surface area contributed by atoms with E-state index in [1.807, 2.05) is 6.92 Å². The summed E-state index contributed by atoms with van der Waals surface area (Å²) in [7, 11) is 1.21. The van der Waals surface area contributed by atoms with Gasteiger partial charge in [-0.1, -0.05) is 27.2 Å². The monoisotopic (exact) mass is 247 g/mol. The van der Waals surface area contributed by atoms with Crippen LogP contribution in [0.4, 0.5) is 0 Å². The van der Waals surface area contributed by atoms with Crippen molar-refractivity contribution in [3.05, 3.63) is 22.7 Å². The predicted molar refractivity (Wildman–Crippen MR) is 53.1 cm³/mol. The van der Waals surface area contributed by atoms with Crippen LogP contribution in [0.3, 0.4) is 0 Å². The van der Waals surface area contributed by atoms with E-state index in [1.165, 1.54) is 13.2 Å². The Balaban J connectivity index is 4.49. The largest absolute Gasteiger partial charge is 0.464 e. The summed E-state index contributed by atoms with van der Waals surface area (Å²) in [6, 6.07) is 0. The summed E-state index contributed by atoms with van der Waals surface area (Å²) >= 11 is 3.19. The van der Waals surface area contributed by atoms with Crippen molar-refractivity contribution in [2.75, 3.05) is 7.11 Å². The van der Waals surface area contributed by atoms with E-state index in [-0.39, 0.29) is 5.71 Å².